The second-order valence-electron chi connectivity index (χ2n) is 3.72. The topological polar surface area (TPSA) is 20.7 Å². The highest BCUT2D eigenvalue weighted by molar-refractivity contribution is 5.78. The predicted molar refractivity (Wildman–Crippen MR) is 51.3 cm³/mol. The van der Waals surface area contributed by atoms with E-state index in [9.17, 15) is 4.39 Å². The number of halogens is 1. The second kappa shape index (κ2) is 2.62. The summed E-state index contributed by atoms with van der Waals surface area (Å²) >= 11 is 0. The van der Waals surface area contributed by atoms with E-state index in [0.29, 0.717) is 0 Å². The Morgan fingerprint density at radius 1 is 1.38 bits per heavy atom. The fourth-order valence-electron chi connectivity index (χ4n) is 1.58. The zero-order chi connectivity index (χ0) is 9.59. The minimum Gasteiger partial charge on any atom is -0.296 e. The lowest BCUT2D eigenvalue weighted by Crippen LogP contribution is -2.07. The monoisotopic (exact) mass is 180 g/mol. The summed E-state index contributed by atoms with van der Waals surface area (Å²) in [6.45, 7) is 3.99. The minimum atomic E-state index is -0.116. The number of hydrogen-bond donors (Lipinski definition) is 1. The molecular formula is C10H13FN2. The molecule has 0 aliphatic carbocycles. The summed E-state index contributed by atoms with van der Waals surface area (Å²) in [5, 5.41) is 2.99. The highest BCUT2D eigenvalue weighted by atomic mass is 19.1. The molecule has 0 spiro atoms. The van der Waals surface area contributed by atoms with Gasteiger partial charge in [-0.1, -0.05) is 13.8 Å². The first kappa shape index (κ1) is 8.35. The lowest BCUT2D eigenvalue weighted by atomic mass is 10.0. The SMILES string of the molecule is CC(C)c1cc2c(cc1F)[nH]n2C. The van der Waals surface area contributed by atoms with E-state index in [1.54, 1.807) is 6.07 Å². The van der Waals surface area contributed by atoms with Crippen LogP contribution in [0.3, 0.4) is 0 Å². The largest absolute Gasteiger partial charge is 0.296 e. The molecule has 0 atom stereocenters. The molecule has 0 unspecified atom stereocenters. The molecule has 0 radical (unpaired) electrons. The second-order valence-corrected chi connectivity index (χ2v) is 3.72. The van der Waals surface area contributed by atoms with Gasteiger partial charge in [0.15, 0.2) is 0 Å². The van der Waals surface area contributed by atoms with Crippen molar-refractivity contribution < 1.29 is 4.39 Å². The van der Waals surface area contributed by atoms with Gasteiger partial charge in [0.05, 0.1) is 11.0 Å². The van der Waals surface area contributed by atoms with E-state index in [-0.39, 0.29) is 11.7 Å². The first-order valence-corrected chi connectivity index (χ1v) is 4.43. The Kier molecular flexibility index (Phi) is 1.68. The lowest BCUT2D eigenvalue weighted by Gasteiger charge is -2.15. The molecule has 0 aliphatic heterocycles. The molecule has 3 heteroatoms. The Labute approximate surface area is 76.3 Å². The molecule has 0 bridgehead atoms. The van der Waals surface area contributed by atoms with E-state index in [1.165, 1.54) is 0 Å². The van der Waals surface area contributed by atoms with Gasteiger partial charge in [-0.3, -0.25) is 9.78 Å². The van der Waals surface area contributed by atoms with Crippen LogP contribution in [0.15, 0.2) is 12.1 Å². The van der Waals surface area contributed by atoms with Gasteiger partial charge in [0, 0.05) is 13.1 Å². The molecule has 0 aliphatic rings. The Bertz CT molecular complexity index is 437. The maximum atomic E-state index is 13.4. The Balaban J connectivity index is 2.63. The summed E-state index contributed by atoms with van der Waals surface area (Å²) in [6, 6.07) is 3.47. The van der Waals surface area contributed by atoms with Gasteiger partial charge in [-0.05, 0) is 17.5 Å². The average Bonchev–Trinajstić information content (AvgIpc) is 2.02. The van der Waals surface area contributed by atoms with Crippen LogP contribution in [-0.4, -0.2) is 9.78 Å². The normalized spacial score (nSPS) is 11.8. The van der Waals surface area contributed by atoms with Crippen molar-refractivity contribution in [3.05, 3.63) is 23.5 Å². The molecule has 1 aromatic heterocycles. The first-order valence-electron chi connectivity index (χ1n) is 4.43. The van der Waals surface area contributed by atoms with Gasteiger partial charge in [-0.15, -0.1) is 0 Å². The predicted octanol–water partition coefficient (Wildman–Crippen LogP) is 2.77. The number of rotatable bonds is 1. The van der Waals surface area contributed by atoms with Crippen LogP contribution in [0.4, 0.5) is 4.39 Å². The maximum absolute atomic E-state index is 13.4. The van der Waals surface area contributed by atoms with Gasteiger partial charge in [0.1, 0.15) is 5.82 Å². The Morgan fingerprint density at radius 2 is 2.08 bits per heavy atom. The van der Waals surface area contributed by atoms with Gasteiger partial charge in [0.2, 0.25) is 0 Å². The molecule has 0 amide bonds. The van der Waals surface area contributed by atoms with E-state index in [4.69, 9.17) is 0 Å². The smallest absolute Gasteiger partial charge is 0.128 e. The summed E-state index contributed by atoms with van der Waals surface area (Å²) in [4.78, 5) is 0. The van der Waals surface area contributed by atoms with Gasteiger partial charge < -0.3 is 0 Å². The summed E-state index contributed by atoms with van der Waals surface area (Å²) in [5.74, 6) is 0.119. The highest BCUT2D eigenvalue weighted by Gasteiger charge is 2.11. The molecule has 0 fully saturated rings. The molecule has 0 saturated carbocycles. The van der Waals surface area contributed by atoms with E-state index < -0.39 is 0 Å². The molecular weight excluding hydrogens is 167 g/mol. The summed E-state index contributed by atoms with van der Waals surface area (Å²) in [6.07, 6.45) is 0. The highest BCUT2D eigenvalue weighted by Crippen LogP contribution is 2.24. The van der Waals surface area contributed by atoms with Crippen LogP contribution in [0.5, 0.6) is 0 Å². The van der Waals surface area contributed by atoms with E-state index in [1.807, 2.05) is 31.6 Å². The number of benzene rings is 1. The van der Waals surface area contributed by atoms with Crippen molar-refractivity contribution >= 4 is 11.0 Å². The van der Waals surface area contributed by atoms with Gasteiger partial charge >= 0.3 is 0 Å². The van der Waals surface area contributed by atoms with E-state index in [0.717, 1.165) is 16.6 Å². The fraction of sp³-hybridized carbons (Fsp3) is 0.400. The van der Waals surface area contributed by atoms with Crippen LogP contribution in [-0.2, 0) is 7.05 Å². The minimum absolute atomic E-state index is 0.116. The summed E-state index contributed by atoms with van der Waals surface area (Å²) < 4.78 is 15.3. The summed E-state index contributed by atoms with van der Waals surface area (Å²) in [7, 11) is 1.92. The van der Waals surface area contributed by atoms with Crippen molar-refractivity contribution in [2.75, 3.05) is 0 Å². The lowest BCUT2D eigenvalue weighted by molar-refractivity contribution is 0.596. The molecule has 1 aromatic carbocycles. The third-order valence-electron chi connectivity index (χ3n) is 2.39. The van der Waals surface area contributed by atoms with Crippen LogP contribution in [0.25, 0.3) is 11.0 Å². The molecule has 2 aromatic rings. The zero-order valence-electron chi connectivity index (χ0n) is 8.06. The van der Waals surface area contributed by atoms with Crippen molar-refractivity contribution in [2.45, 2.75) is 19.8 Å². The zero-order valence-corrected chi connectivity index (χ0v) is 8.06. The number of nitrogens with zero attached hydrogens (tertiary/aromatic N) is 1. The number of fused-ring (bicyclic) bond motifs is 1. The quantitative estimate of drug-likeness (QED) is 0.696. The van der Waals surface area contributed by atoms with Crippen molar-refractivity contribution in [1.82, 2.24) is 9.78 Å². The fourth-order valence-corrected chi connectivity index (χ4v) is 1.58. The number of aromatic nitrogens is 2. The van der Waals surface area contributed by atoms with Gasteiger partial charge in [0.25, 0.3) is 0 Å². The third kappa shape index (κ3) is 1.15. The Morgan fingerprint density at radius 3 is 2.62 bits per heavy atom. The first-order chi connectivity index (χ1) is 6.09. The molecule has 2 rings (SSSR count). The molecule has 13 heavy (non-hydrogen) atoms. The van der Waals surface area contributed by atoms with E-state index in [2.05, 4.69) is 5.10 Å². The number of nitrogens with one attached hydrogen (secondary N) is 1. The van der Waals surface area contributed by atoms with Crippen molar-refractivity contribution in [1.29, 1.82) is 0 Å². The number of H-pyrrole nitrogens is 1. The van der Waals surface area contributed by atoms with Crippen molar-refractivity contribution in [2.24, 2.45) is 7.05 Å². The molecule has 2 nitrogen and oxygen atoms in total. The average molecular weight is 180 g/mol. The molecule has 0 saturated heterocycles. The Hall–Kier alpha value is -1.25. The third-order valence-corrected chi connectivity index (χ3v) is 2.39. The van der Waals surface area contributed by atoms with Gasteiger partial charge in [-0.2, -0.15) is 0 Å². The number of hydrogen-bond acceptors (Lipinski definition) is 0. The van der Waals surface area contributed by atoms with Crippen LogP contribution in [0.1, 0.15) is 25.3 Å². The molecule has 1 N–H and O–H groups in total. The van der Waals surface area contributed by atoms with Crippen molar-refractivity contribution in [3.8, 4) is 0 Å². The van der Waals surface area contributed by atoms with Crippen LogP contribution in [0.2, 0.25) is 0 Å². The molecule has 70 valence electrons. The van der Waals surface area contributed by atoms with Crippen LogP contribution in [0, 0.1) is 5.82 Å². The van der Waals surface area contributed by atoms with Crippen LogP contribution >= 0.6 is 0 Å². The summed E-state index contributed by atoms with van der Waals surface area (Å²) in [5.41, 5.74) is 2.74. The van der Waals surface area contributed by atoms with Crippen molar-refractivity contribution in [3.63, 3.8) is 0 Å². The number of aryl methyl sites for hydroxylation is 1. The van der Waals surface area contributed by atoms with Gasteiger partial charge in [-0.25, -0.2) is 4.39 Å². The molecule has 1 heterocycles. The van der Waals surface area contributed by atoms with E-state index >= 15 is 0 Å². The number of aromatic amines is 1. The standard InChI is InChI=1S/C10H13FN2/c1-6(2)7-4-10-9(5-8(7)11)12-13(10)3/h4-6,12H,1-3H3. The maximum Gasteiger partial charge on any atom is 0.128 e. The van der Waals surface area contributed by atoms with Crippen LogP contribution < -0.4 is 0 Å².